The molecule has 1 aromatic rings. The van der Waals surface area contributed by atoms with Gasteiger partial charge in [0, 0.05) is 13.1 Å². The van der Waals surface area contributed by atoms with Crippen LogP contribution in [0.3, 0.4) is 0 Å². The van der Waals surface area contributed by atoms with Crippen LogP contribution in [-0.2, 0) is 4.79 Å². The monoisotopic (exact) mass is 328 g/mol. The van der Waals surface area contributed by atoms with E-state index < -0.39 is 6.10 Å². The lowest BCUT2D eigenvalue weighted by Gasteiger charge is -2.17. The van der Waals surface area contributed by atoms with Crippen LogP contribution in [0.5, 0.6) is 5.75 Å². The molecule has 1 amide bonds. The standard InChI is InChI=1S/C17H28N2O2.ClH/c1-6-18-9-10-19-17(20)14(5)21-15-7-8-16(12(2)3)13(4)11-15;/h7-8,11-12,14,18H,6,9-10H2,1-5H3,(H,19,20);1H. The first-order chi connectivity index (χ1) is 9.95. The fourth-order valence-corrected chi connectivity index (χ4v) is 2.22. The Morgan fingerprint density at radius 3 is 2.45 bits per heavy atom. The van der Waals surface area contributed by atoms with Crippen molar-refractivity contribution in [3.8, 4) is 5.75 Å². The topological polar surface area (TPSA) is 50.4 Å². The molecule has 2 N–H and O–H groups in total. The predicted molar refractivity (Wildman–Crippen MR) is 94.2 cm³/mol. The van der Waals surface area contributed by atoms with Gasteiger partial charge >= 0.3 is 0 Å². The van der Waals surface area contributed by atoms with E-state index in [0.717, 1.165) is 18.8 Å². The van der Waals surface area contributed by atoms with Crippen LogP contribution in [0.2, 0.25) is 0 Å². The molecular weight excluding hydrogens is 300 g/mol. The number of benzene rings is 1. The summed E-state index contributed by atoms with van der Waals surface area (Å²) in [4.78, 5) is 11.9. The van der Waals surface area contributed by atoms with Crippen molar-refractivity contribution in [1.82, 2.24) is 10.6 Å². The number of likely N-dealkylation sites (N-methyl/N-ethyl adjacent to an activating group) is 1. The number of halogens is 1. The van der Waals surface area contributed by atoms with Crippen molar-refractivity contribution in [3.63, 3.8) is 0 Å². The Balaban J connectivity index is 0.00000441. The van der Waals surface area contributed by atoms with Crippen LogP contribution in [0, 0.1) is 6.92 Å². The van der Waals surface area contributed by atoms with Crippen LogP contribution < -0.4 is 15.4 Å². The van der Waals surface area contributed by atoms with Crippen LogP contribution in [0.1, 0.15) is 44.7 Å². The number of amides is 1. The van der Waals surface area contributed by atoms with Gasteiger partial charge in [0.05, 0.1) is 0 Å². The Labute approximate surface area is 140 Å². The SMILES string of the molecule is CCNCCNC(=O)C(C)Oc1ccc(C(C)C)c(C)c1.Cl. The van der Waals surface area contributed by atoms with Crippen molar-refractivity contribution < 1.29 is 9.53 Å². The summed E-state index contributed by atoms with van der Waals surface area (Å²) in [6.45, 7) is 12.5. The van der Waals surface area contributed by atoms with Gasteiger partial charge in [0.1, 0.15) is 5.75 Å². The van der Waals surface area contributed by atoms with Crippen molar-refractivity contribution >= 4 is 18.3 Å². The second-order valence-electron chi connectivity index (χ2n) is 5.58. The second kappa shape index (κ2) is 10.5. The summed E-state index contributed by atoms with van der Waals surface area (Å²) in [6, 6.07) is 6.01. The summed E-state index contributed by atoms with van der Waals surface area (Å²) in [5.41, 5.74) is 2.51. The summed E-state index contributed by atoms with van der Waals surface area (Å²) in [7, 11) is 0. The maximum absolute atomic E-state index is 11.9. The quantitative estimate of drug-likeness (QED) is 0.721. The highest BCUT2D eigenvalue weighted by atomic mass is 35.5. The highest BCUT2D eigenvalue weighted by molar-refractivity contribution is 5.85. The molecule has 22 heavy (non-hydrogen) atoms. The van der Waals surface area contributed by atoms with Gasteiger partial charge < -0.3 is 15.4 Å². The molecule has 0 aliphatic rings. The van der Waals surface area contributed by atoms with Gasteiger partial charge in [0.2, 0.25) is 0 Å². The average Bonchev–Trinajstić information content (AvgIpc) is 2.43. The molecule has 0 saturated carbocycles. The Hall–Kier alpha value is -1.26. The summed E-state index contributed by atoms with van der Waals surface area (Å²) >= 11 is 0. The Morgan fingerprint density at radius 1 is 1.23 bits per heavy atom. The van der Waals surface area contributed by atoms with Gasteiger partial charge in [0.15, 0.2) is 6.10 Å². The summed E-state index contributed by atoms with van der Waals surface area (Å²) in [5, 5.41) is 6.02. The van der Waals surface area contributed by atoms with Gasteiger partial charge in [-0.2, -0.15) is 0 Å². The van der Waals surface area contributed by atoms with E-state index in [-0.39, 0.29) is 18.3 Å². The number of hydrogen-bond donors (Lipinski definition) is 2. The largest absolute Gasteiger partial charge is 0.481 e. The van der Waals surface area contributed by atoms with Crippen LogP contribution in [0.15, 0.2) is 18.2 Å². The minimum absolute atomic E-state index is 0. The number of carbonyl (C=O) groups excluding carboxylic acids is 1. The van der Waals surface area contributed by atoms with Gasteiger partial charge in [0.25, 0.3) is 5.91 Å². The van der Waals surface area contributed by atoms with E-state index >= 15 is 0 Å². The van der Waals surface area contributed by atoms with Crippen molar-refractivity contribution in [3.05, 3.63) is 29.3 Å². The van der Waals surface area contributed by atoms with Crippen molar-refractivity contribution in [1.29, 1.82) is 0 Å². The smallest absolute Gasteiger partial charge is 0.260 e. The molecule has 0 saturated heterocycles. The highest BCUT2D eigenvalue weighted by Gasteiger charge is 2.14. The van der Waals surface area contributed by atoms with Crippen LogP contribution in [-0.4, -0.2) is 31.6 Å². The van der Waals surface area contributed by atoms with Gasteiger partial charge in [-0.05, 0) is 49.6 Å². The molecule has 0 spiro atoms. The Morgan fingerprint density at radius 2 is 1.91 bits per heavy atom. The maximum Gasteiger partial charge on any atom is 0.260 e. The van der Waals surface area contributed by atoms with E-state index in [1.807, 2.05) is 19.1 Å². The first kappa shape index (κ1) is 20.7. The van der Waals surface area contributed by atoms with E-state index in [2.05, 4.69) is 37.5 Å². The molecule has 1 aromatic carbocycles. The molecule has 4 nitrogen and oxygen atoms in total. The lowest BCUT2D eigenvalue weighted by atomic mass is 9.98. The Bertz CT molecular complexity index is 464. The fraction of sp³-hybridized carbons (Fsp3) is 0.588. The minimum Gasteiger partial charge on any atom is -0.481 e. The summed E-state index contributed by atoms with van der Waals surface area (Å²) in [5.74, 6) is 1.15. The maximum atomic E-state index is 11.9. The third-order valence-corrected chi connectivity index (χ3v) is 3.40. The van der Waals surface area contributed by atoms with Gasteiger partial charge in [-0.1, -0.05) is 26.8 Å². The molecule has 0 bridgehead atoms. The lowest BCUT2D eigenvalue weighted by molar-refractivity contribution is -0.127. The zero-order valence-corrected chi connectivity index (χ0v) is 15.0. The average molecular weight is 329 g/mol. The third-order valence-electron chi connectivity index (χ3n) is 3.40. The lowest BCUT2D eigenvalue weighted by Crippen LogP contribution is -2.39. The van der Waals surface area contributed by atoms with Crippen LogP contribution >= 0.6 is 12.4 Å². The fourth-order valence-electron chi connectivity index (χ4n) is 2.22. The molecule has 1 atom stereocenters. The molecule has 1 unspecified atom stereocenters. The normalized spacial score (nSPS) is 11.7. The number of nitrogens with one attached hydrogen (secondary N) is 2. The van der Waals surface area contributed by atoms with Gasteiger partial charge in [-0.15, -0.1) is 12.4 Å². The molecule has 0 aromatic heterocycles. The molecule has 0 heterocycles. The number of ether oxygens (including phenoxy) is 1. The van der Waals surface area contributed by atoms with Crippen LogP contribution in [0.4, 0.5) is 0 Å². The highest BCUT2D eigenvalue weighted by Crippen LogP contribution is 2.24. The predicted octanol–water partition coefficient (Wildman–Crippen LogP) is 3.03. The zero-order valence-electron chi connectivity index (χ0n) is 14.2. The molecule has 1 rings (SSSR count). The second-order valence-corrected chi connectivity index (χ2v) is 5.58. The summed E-state index contributed by atoms with van der Waals surface area (Å²) < 4.78 is 5.72. The van der Waals surface area contributed by atoms with E-state index in [4.69, 9.17) is 4.74 Å². The number of rotatable bonds is 8. The molecule has 0 fully saturated rings. The molecule has 5 heteroatoms. The van der Waals surface area contributed by atoms with E-state index in [1.165, 1.54) is 11.1 Å². The number of aryl methyl sites for hydroxylation is 1. The number of hydrogen-bond acceptors (Lipinski definition) is 3. The summed E-state index contributed by atoms with van der Waals surface area (Å²) in [6.07, 6.45) is -0.490. The van der Waals surface area contributed by atoms with E-state index in [1.54, 1.807) is 6.92 Å². The molecular formula is C17H29ClN2O2. The zero-order chi connectivity index (χ0) is 15.8. The molecule has 0 aliphatic heterocycles. The first-order valence-corrected chi connectivity index (χ1v) is 7.71. The van der Waals surface area contributed by atoms with E-state index in [9.17, 15) is 4.79 Å². The van der Waals surface area contributed by atoms with Crippen molar-refractivity contribution in [2.75, 3.05) is 19.6 Å². The minimum atomic E-state index is -0.490. The third kappa shape index (κ3) is 6.67. The van der Waals surface area contributed by atoms with Crippen LogP contribution in [0.25, 0.3) is 0 Å². The van der Waals surface area contributed by atoms with Gasteiger partial charge in [-0.3, -0.25) is 4.79 Å². The van der Waals surface area contributed by atoms with E-state index in [0.29, 0.717) is 12.5 Å². The molecule has 0 radical (unpaired) electrons. The first-order valence-electron chi connectivity index (χ1n) is 7.71. The van der Waals surface area contributed by atoms with Gasteiger partial charge in [-0.25, -0.2) is 0 Å². The molecule has 0 aliphatic carbocycles. The number of carbonyl (C=O) groups is 1. The van der Waals surface area contributed by atoms with Crippen molar-refractivity contribution in [2.45, 2.75) is 46.6 Å². The molecule has 126 valence electrons. The van der Waals surface area contributed by atoms with Crippen molar-refractivity contribution in [2.24, 2.45) is 0 Å². The Kier molecular flexibility index (Phi) is 9.86.